The molecule has 2 aliphatic heterocycles. The largest absolute Gasteiger partial charge is 0.490 e. The minimum atomic E-state index is -0.465. The number of aliphatic hydroxyl groups is 2. The van der Waals surface area contributed by atoms with Gasteiger partial charge in [0.25, 0.3) is 0 Å². The maximum Gasteiger partial charge on any atom is 0.119 e. The molecule has 0 radical (unpaired) electrons. The lowest BCUT2D eigenvalue weighted by Crippen LogP contribution is -2.34. The number of benzene rings is 2. The number of hydrogen-bond donors (Lipinski definition) is 3. The molecule has 2 heterocycles. The fourth-order valence-electron chi connectivity index (χ4n) is 4.26. The van der Waals surface area contributed by atoms with Gasteiger partial charge in [0, 0.05) is 17.9 Å². The van der Waals surface area contributed by atoms with Crippen LogP contribution in [0.2, 0.25) is 5.02 Å². The normalized spacial score (nSPS) is 25.2. The average Bonchev–Trinajstić information content (AvgIpc) is 2.77. The van der Waals surface area contributed by atoms with Crippen LogP contribution in [0.1, 0.15) is 48.5 Å². The molecule has 4 rings (SSSR count). The summed E-state index contributed by atoms with van der Waals surface area (Å²) in [6.07, 6.45) is 3.05. The number of aliphatic hydroxyl groups excluding tert-OH is 2. The van der Waals surface area contributed by atoms with Crippen molar-refractivity contribution in [3.8, 4) is 5.75 Å². The van der Waals surface area contributed by atoms with E-state index in [2.05, 4.69) is 23.5 Å². The number of hydrogen-bond acceptors (Lipinski definition) is 5. The Kier molecular flexibility index (Phi) is 7.28. The Morgan fingerprint density at radius 3 is 2.57 bits per heavy atom. The van der Waals surface area contributed by atoms with E-state index < -0.39 is 6.10 Å². The first-order valence-corrected chi connectivity index (χ1v) is 11.2. The minimum absolute atomic E-state index is 0.0835. The average molecular weight is 432 g/mol. The second-order valence-corrected chi connectivity index (χ2v) is 8.70. The molecule has 2 aromatic carbocycles. The zero-order valence-electron chi connectivity index (χ0n) is 17.1. The maximum atomic E-state index is 10.1. The predicted octanol–water partition coefficient (Wildman–Crippen LogP) is 3.63. The second kappa shape index (κ2) is 10.1. The van der Waals surface area contributed by atoms with Gasteiger partial charge in [-0.2, -0.15) is 0 Å². The summed E-state index contributed by atoms with van der Waals surface area (Å²) in [5.74, 6) is 0.908. The highest BCUT2D eigenvalue weighted by Gasteiger charge is 2.29. The standard InChI is InChI=1S/C24H30ClNO4/c25-23-6-3-17(24-14-19(28)13-22(15-27)30-24)12-18(23)11-16-1-4-20(5-2-16)29-21-7-9-26-10-8-21/h1-6,12,19,21-22,24,26-28H,7-11,13-15H2. The van der Waals surface area contributed by atoms with E-state index in [-0.39, 0.29) is 24.9 Å². The molecule has 2 aromatic rings. The van der Waals surface area contributed by atoms with Crippen molar-refractivity contribution < 1.29 is 19.7 Å². The molecule has 3 unspecified atom stereocenters. The molecule has 162 valence electrons. The van der Waals surface area contributed by atoms with Gasteiger partial charge in [-0.3, -0.25) is 0 Å². The van der Waals surface area contributed by atoms with Crippen LogP contribution in [0, 0.1) is 0 Å². The zero-order valence-corrected chi connectivity index (χ0v) is 17.9. The molecule has 0 saturated carbocycles. The highest BCUT2D eigenvalue weighted by Crippen LogP contribution is 2.34. The third kappa shape index (κ3) is 5.54. The van der Waals surface area contributed by atoms with Gasteiger partial charge in [0.2, 0.25) is 0 Å². The summed E-state index contributed by atoms with van der Waals surface area (Å²) in [5, 5.41) is 23.6. The lowest BCUT2D eigenvalue weighted by atomic mass is 9.94. The highest BCUT2D eigenvalue weighted by atomic mass is 35.5. The zero-order chi connectivity index (χ0) is 20.9. The van der Waals surface area contributed by atoms with Crippen molar-refractivity contribution in [3.63, 3.8) is 0 Å². The molecule has 0 amide bonds. The van der Waals surface area contributed by atoms with E-state index in [1.54, 1.807) is 0 Å². The lowest BCUT2D eigenvalue weighted by molar-refractivity contribution is -0.113. The van der Waals surface area contributed by atoms with Crippen molar-refractivity contribution in [2.45, 2.75) is 56.5 Å². The summed E-state index contributed by atoms with van der Waals surface area (Å²) < 4.78 is 12.0. The monoisotopic (exact) mass is 431 g/mol. The molecule has 0 aromatic heterocycles. The third-order valence-electron chi connectivity index (χ3n) is 5.93. The van der Waals surface area contributed by atoms with Gasteiger partial charge in [-0.15, -0.1) is 0 Å². The van der Waals surface area contributed by atoms with Gasteiger partial charge in [0.1, 0.15) is 11.9 Å². The maximum absolute atomic E-state index is 10.1. The van der Waals surface area contributed by atoms with E-state index >= 15 is 0 Å². The van der Waals surface area contributed by atoms with Crippen molar-refractivity contribution in [2.24, 2.45) is 0 Å². The van der Waals surface area contributed by atoms with Crippen LogP contribution in [-0.4, -0.2) is 48.2 Å². The summed E-state index contributed by atoms with van der Waals surface area (Å²) in [5.41, 5.74) is 3.16. The van der Waals surface area contributed by atoms with Gasteiger partial charge >= 0.3 is 0 Å². The molecule has 30 heavy (non-hydrogen) atoms. The van der Waals surface area contributed by atoms with Crippen LogP contribution in [0.15, 0.2) is 42.5 Å². The predicted molar refractivity (Wildman–Crippen MR) is 117 cm³/mol. The van der Waals surface area contributed by atoms with Crippen molar-refractivity contribution in [3.05, 3.63) is 64.2 Å². The van der Waals surface area contributed by atoms with E-state index in [0.717, 1.165) is 48.4 Å². The van der Waals surface area contributed by atoms with E-state index in [1.807, 2.05) is 24.3 Å². The minimum Gasteiger partial charge on any atom is -0.490 e. The summed E-state index contributed by atoms with van der Waals surface area (Å²) >= 11 is 6.47. The summed E-state index contributed by atoms with van der Waals surface area (Å²) in [6.45, 7) is 1.94. The van der Waals surface area contributed by atoms with Crippen LogP contribution < -0.4 is 10.1 Å². The SMILES string of the molecule is OCC1CC(O)CC(c2ccc(Cl)c(Cc3ccc(OC4CCNCC4)cc3)c2)O1. The molecule has 2 saturated heterocycles. The Morgan fingerprint density at radius 2 is 1.83 bits per heavy atom. The molecule has 2 fully saturated rings. The first-order valence-electron chi connectivity index (χ1n) is 10.8. The summed E-state index contributed by atoms with van der Waals surface area (Å²) in [4.78, 5) is 0. The van der Waals surface area contributed by atoms with Gasteiger partial charge in [-0.05, 0) is 67.2 Å². The molecule has 3 atom stereocenters. The van der Waals surface area contributed by atoms with Crippen molar-refractivity contribution in [1.29, 1.82) is 0 Å². The highest BCUT2D eigenvalue weighted by molar-refractivity contribution is 6.31. The van der Waals surface area contributed by atoms with Gasteiger partial charge in [-0.1, -0.05) is 35.9 Å². The number of rotatable bonds is 6. The van der Waals surface area contributed by atoms with Crippen LogP contribution in [0.4, 0.5) is 0 Å². The van der Waals surface area contributed by atoms with Gasteiger partial charge in [-0.25, -0.2) is 0 Å². The fraction of sp³-hybridized carbons (Fsp3) is 0.500. The Bertz CT molecular complexity index is 822. The smallest absolute Gasteiger partial charge is 0.119 e. The molecule has 2 aliphatic rings. The Balaban J connectivity index is 1.43. The Hall–Kier alpha value is -1.63. The summed E-state index contributed by atoms with van der Waals surface area (Å²) in [6, 6.07) is 14.1. The molecule has 6 heteroatoms. The van der Waals surface area contributed by atoms with Crippen molar-refractivity contribution >= 4 is 11.6 Å². The van der Waals surface area contributed by atoms with E-state index in [0.29, 0.717) is 24.3 Å². The van der Waals surface area contributed by atoms with E-state index in [4.69, 9.17) is 21.1 Å². The first-order chi connectivity index (χ1) is 14.6. The summed E-state index contributed by atoms with van der Waals surface area (Å²) in [7, 11) is 0. The number of halogens is 1. The number of ether oxygens (including phenoxy) is 2. The molecular formula is C24H30ClNO4. The van der Waals surface area contributed by atoms with Crippen LogP contribution >= 0.6 is 11.6 Å². The van der Waals surface area contributed by atoms with E-state index in [1.165, 1.54) is 0 Å². The third-order valence-corrected chi connectivity index (χ3v) is 6.30. The van der Waals surface area contributed by atoms with Gasteiger partial charge in [0.15, 0.2) is 0 Å². The second-order valence-electron chi connectivity index (χ2n) is 8.29. The molecule has 3 N–H and O–H groups in total. The van der Waals surface area contributed by atoms with Crippen molar-refractivity contribution in [1.82, 2.24) is 5.32 Å². The van der Waals surface area contributed by atoms with Crippen LogP contribution in [0.5, 0.6) is 5.75 Å². The van der Waals surface area contributed by atoms with Crippen LogP contribution in [-0.2, 0) is 11.2 Å². The van der Waals surface area contributed by atoms with Gasteiger partial charge < -0.3 is 25.0 Å². The fourth-order valence-corrected chi connectivity index (χ4v) is 4.45. The first kappa shape index (κ1) is 21.6. The van der Waals surface area contributed by atoms with Gasteiger partial charge in [0.05, 0.1) is 24.9 Å². The molecule has 5 nitrogen and oxygen atoms in total. The number of piperidine rings is 1. The Labute approximate surface area is 183 Å². The molecule has 0 spiro atoms. The van der Waals surface area contributed by atoms with E-state index in [9.17, 15) is 10.2 Å². The quantitative estimate of drug-likeness (QED) is 0.651. The topological polar surface area (TPSA) is 71.0 Å². The lowest BCUT2D eigenvalue weighted by Gasteiger charge is -2.32. The van der Waals surface area contributed by atoms with Crippen molar-refractivity contribution in [2.75, 3.05) is 19.7 Å². The molecular weight excluding hydrogens is 402 g/mol. The number of nitrogens with one attached hydrogen (secondary N) is 1. The Morgan fingerprint density at radius 1 is 1.07 bits per heavy atom. The molecule has 0 bridgehead atoms. The van der Waals surface area contributed by atoms with Crippen LogP contribution in [0.3, 0.4) is 0 Å². The van der Waals surface area contributed by atoms with Crippen LogP contribution in [0.25, 0.3) is 0 Å². The molecule has 0 aliphatic carbocycles.